The summed E-state index contributed by atoms with van der Waals surface area (Å²) < 4.78 is 22.7. The lowest BCUT2D eigenvalue weighted by atomic mass is 10.1. The highest BCUT2D eigenvalue weighted by molar-refractivity contribution is 5.99. The molecule has 3 rings (SSSR count). The van der Waals surface area contributed by atoms with Crippen molar-refractivity contribution in [3.8, 4) is 6.07 Å². The second-order valence-corrected chi connectivity index (χ2v) is 7.02. The summed E-state index contributed by atoms with van der Waals surface area (Å²) in [4.78, 5) is 54.4. The van der Waals surface area contributed by atoms with Gasteiger partial charge in [0.05, 0.1) is 0 Å². The topological polar surface area (TPSA) is 185 Å². The summed E-state index contributed by atoms with van der Waals surface area (Å²) in [5.74, 6) is -2.40. The Morgan fingerprint density at radius 1 is 1.09 bits per heavy atom. The van der Waals surface area contributed by atoms with Gasteiger partial charge in [0, 0.05) is 27.7 Å². The first-order valence-corrected chi connectivity index (χ1v) is 9.66. The van der Waals surface area contributed by atoms with Gasteiger partial charge in [-0.3, -0.25) is 19.2 Å². The maximum atomic E-state index is 11.8. The molecule has 14 heteroatoms. The van der Waals surface area contributed by atoms with E-state index in [1.807, 2.05) is 6.07 Å². The van der Waals surface area contributed by atoms with Crippen molar-refractivity contribution in [3.05, 3.63) is 12.0 Å². The third kappa shape index (κ3) is 5.04. The lowest BCUT2D eigenvalue weighted by Crippen LogP contribution is -2.40. The number of fused-ring (bicyclic) bond motifs is 1. The second kappa shape index (κ2) is 9.57. The van der Waals surface area contributed by atoms with Crippen LogP contribution >= 0.6 is 0 Å². The molecular formula is C19H20N6O8. The van der Waals surface area contributed by atoms with Crippen LogP contribution in [0.15, 0.2) is 6.33 Å². The number of aromatic nitrogens is 4. The lowest BCUT2D eigenvalue weighted by Gasteiger charge is -2.23. The van der Waals surface area contributed by atoms with E-state index in [9.17, 15) is 24.4 Å². The van der Waals surface area contributed by atoms with Crippen molar-refractivity contribution >= 4 is 40.7 Å². The summed E-state index contributed by atoms with van der Waals surface area (Å²) in [5.41, 5.74) is -0.0471. The van der Waals surface area contributed by atoms with E-state index in [4.69, 9.17) is 18.9 Å². The Labute approximate surface area is 186 Å². The Hall–Kier alpha value is -4.12. The van der Waals surface area contributed by atoms with Crippen LogP contribution in [0.2, 0.25) is 0 Å². The van der Waals surface area contributed by atoms with Gasteiger partial charge in [0.15, 0.2) is 29.8 Å². The molecule has 3 heterocycles. The number of esters is 3. The third-order valence-corrected chi connectivity index (χ3v) is 4.48. The smallest absolute Gasteiger partial charge is 0.303 e. The molecule has 14 nitrogen and oxygen atoms in total. The fourth-order valence-electron chi connectivity index (χ4n) is 3.38. The van der Waals surface area contributed by atoms with Crippen molar-refractivity contribution in [2.24, 2.45) is 0 Å². The van der Waals surface area contributed by atoms with E-state index < -0.39 is 48.4 Å². The summed E-state index contributed by atoms with van der Waals surface area (Å²) in [7, 11) is 0. The molecule has 1 fully saturated rings. The van der Waals surface area contributed by atoms with Crippen molar-refractivity contribution in [1.82, 2.24) is 19.7 Å². The van der Waals surface area contributed by atoms with Crippen molar-refractivity contribution in [2.75, 3.05) is 11.9 Å². The van der Waals surface area contributed by atoms with Gasteiger partial charge in [-0.25, -0.2) is 14.6 Å². The standard InChI is InChI=1S/C19H20N6O8/c1-8(26)23-17-14-12(5-20)25(24-18(14)22-7-21-17)19-16(32-11(4)29)15(31-10(3)28)13(33-19)6-30-9(2)27/h7,13,15-16,19H,6H2,1-4H3,(H,21,22,23,24,26)/t13-,15-,16-,19-/m1/s1. The molecule has 0 saturated carbocycles. The molecule has 1 amide bonds. The van der Waals surface area contributed by atoms with Gasteiger partial charge < -0.3 is 24.3 Å². The van der Waals surface area contributed by atoms with Gasteiger partial charge in [0.1, 0.15) is 36.3 Å². The SMILES string of the molecule is CC(=O)Nc1ncnc2nn([C@@H]3O[C@H](COC(C)=O)[C@@H](OC(C)=O)[C@H]3OC(C)=O)c(C#N)c12. The minimum absolute atomic E-state index is 0.0466. The molecule has 174 valence electrons. The first kappa shape index (κ1) is 23.5. The Balaban J connectivity index is 2.12. The van der Waals surface area contributed by atoms with Gasteiger partial charge in [0.25, 0.3) is 0 Å². The molecule has 1 N–H and O–H groups in total. The van der Waals surface area contributed by atoms with Crippen molar-refractivity contribution < 1.29 is 38.1 Å². The molecule has 1 saturated heterocycles. The van der Waals surface area contributed by atoms with Crippen LogP contribution in [-0.2, 0) is 38.1 Å². The fourth-order valence-corrected chi connectivity index (χ4v) is 3.38. The van der Waals surface area contributed by atoms with E-state index in [0.717, 1.165) is 24.9 Å². The van der Waals surface area contributed by atoms with Gasteiger partial charge in [0.2, 0.25) is 5.91 Å². The zero-order valence-electron chi connectivity index (χ0n) is 18.1. The first-order chi connectivity index (χ1) is 15.6. The Bertz CT molecular complexity index is 1160. The van der Waals surface area contributed by atoms with E-state index in [0.29, 0.717) is 0 Å². The summed E-state index contributed by atoms with van der Waals surface area (Å²) in [5, 5.41) is 16.7. The molecular weight excluding hydrogens is 440 g/mol. The average molecular weight is 460 g/mol. The summed E-state index contributed by atoms with van der Waals surface area (Å²) >= 11 is 0. The zero-order chi connectivity index (χ0) is 24.3. The number of hydrogen-bond donors (Lipinski definition) is 1. The predicted molar refractivity (Wildman–Crippen MR) is 106 cm³/mol. The Morgan fingerprint density at radius 3 is 2.33 bits per heavy atom. The van der Waals surface area contributed by atoms with Gasteiger partial charge in [-0.05, 0) is 0 Å². The number of carbonyl (C=O) groups is 4. The van der Waals surface area contributed by atoms with E-state index in [-0.39, 0.29) is 29.2 Å². The van der Waals surface area contributed by atoms with Crippen LogP contribution in [0, 0.1) is 11.3 Å². The first-order valence-electron chi connectivity index (χ1n) is 9.66. The number of anilines is 1. The molecule has 0 bridgehead atoms. The highest BCUT2D eigenvalue weighted by Gasteiger charge is 2.51. The van der Waals surface area contributed by atoms with Gasteiger partial charge in [-0.15, -0.1) is 5.10 Å². The maximum absolute atomic E-state index is 11.8. The highest BCUT2D eigenvalue weighted by Crippen LogP contribution is 2.37. The number of nitrogens with one attached hydrogen (secondary N) is 1. The average Bonchev–Trinajstić information content (AvgIpc) is 3.24. The van der Waals surface area contributed by atoms with Crippen LogP contribution in [-0.4, -0.2) is 68.5 Å². The number of hydrogen-bond acceptors (Lipinski definition) is 12. The number of ether oxygens (including phenoxy) is 4. The van der Waals surface area contributed by atoms with Gasteiger partial charge in [-0.2, -0.15) is 5.26 Å². The minimum atomic E-state index is -1.26. The minimum Gasteiger partial charge on any atom is -0.463 e. The molecule has 0 aliphatic carbocycles. The number of nitriles is 1. The number of carbonyl (C=O) groups excluding carboxylic acids is 4. The molecule has 0 unspecified atom stereocenters. The number of amides is 1. The van der Waals surface area contributed by atoms with Crippen LogP contribution in [0.1, 0.15) is 39.6 Å². The largest absolute Gasteiger partial charge is 0.463 e. The molecule has 2 aromatic heterocycles. The number of rotatable bonds is 6. The van der Waals surface area contributed by atoms with Crippen LogP contribution in [0.3, 0.4) is 0 Å². The normalized spacial score (nSPS) is 21.8. The molecule has 1 aliphatic heterocycles. The van der Waals surface area contributed by atoms with Crippen LogP contribution in [0.25, 0.3) is 11.0 Å². The van der Waals surface area contributed by atoms with Gasteiger partial charge in [-0.1, -0.05) is 0 Å². The molecule has 2 aromatic rings. The Kier molecular flexibility index (Phi) is 6.83. The lowest BCUT2D eigenvalue weighted by molar-refractivity contribution is -0.166. The molecule has 0 spiro atoms. The third-order valence-electron chi connectivity index (χ3n) is 4.48. The van der Waals surface area contributed by atoms with Crippen molar-refractivity contribution in [2.45, 2.75) is 52.2 Å². The van der Waals surface area contributed by atoms with E-state index in [2.05, 4.69) is 20.4 Å². The predicted octanol–water partition coefficient (Wildman–Crippen LogP) is -0.0197. The van der Waals surface area contributed by atoms with E-state index in [1.54, 1.807) is 0 Å². The molecule has 33 heavy (non-hydrogen) atoms. The summed E-state index contributed by atoms with van der Waals surface area (Å²) in [6.45, 7) is 4.43. The molecule has 0 aromatic carbocycles. The van der Waals surface area contributed by atoms with Crippen molar-refractivity contribution in [1.29, 1.82) is 5.26 Å². The van der Waals surface area contributed by atoms with Crippen molar-refractivity contribution in [3.63, 3.8) is 0 Å². The fraction of sp³-hybridized carbons (Fsp3) is 0.474. The van der Waals surface area contributed by atoms with Gasteiger partial charge >= 0.3 is 17.9 Å². The highest BCUT2D eigenvalue weighted by atomic mass is 16.7. The van der Waals surface area contributed by atoms with Crippen LogP contribution in [0.4, 0.5) is 5.82 Å². The summed E-state index contributed by atoms with van der Waals surface area (Å²) in [6, 6.07) is 1.96. The second-order valence-electron chi connectivity index (χ2n) is 7.02. The quantitative estimate of drug-likeness (QED) is 0.449. The summed E-state index contributed by atoms with van der Waals surface area (Å²) in [6.07, 6.45) is -3.56. The van der Waals surface area contributed by atoms with E-state index in [1.165, 1.54) is 13.8 Å². The molecule has 4 atom stereocenters. The maximum Gasteiger partial charge on any atom is 0.303 e. The Morgan fingerprint density at radius 2 is 1.76 bits per heavy atom. The van der Waals surface area contributed by atoms with Crippen LogP contribution < -0.4 is 5.32 Å². The number of nitrogens with zero attached hydrogens (tertiary/aromatic N) is 5. The monoisotopic (exact) mass is 460 g/mol. The molecule has 1 aliphatic rings. The van der Waals surface area contributed by atoms with Crippen LogP contribution in [0.5, 0.6) is 0 Å². The molecule has 0 radical (unpaired) electrons. The van der Waals surface area contributed by atoms with E-state index >= 15 is 0 Å². The zero-order valence-corrected chi connectivity index (χ0v) is 18.1.